The summed E-state index contributed by atoms with van der Waals surface area (Å²) in [5, 5.41) is -0.157. The molecule has 0 saturated carbocycles. The van der Waals surface area contributed by atoms with Gasteiger partial charge in [0, 0.05) is 12.3 Å². The van der Waals surface area contributed by atoms with Gasteiger partial charge in [-0.15, -0.1) is 11.6 Å². The molecule has 0 N–H and O–H groups in total. The van der Waals surface area contributed by atoms with E-state index in [1.807, 2.05) is 0 Å². The highest BCUT2D eigenvalue weighted by Crippen LogP contribution is 1.99. The van der Waals surface area contributed by atoms with Crippen molar-refractivity contribution < 1.29 is 4.79 Å². The van der Waals surface area contributed by atoms with Gasteiger partial charge in [-0.1, -0.05) is 0 Å². The molecule has 0 saturated heterocycles. The summed E-state index contributed by atoms with van der Waals surface area (Å²) in [5.41, 5.74) is 0. The minimum Gasteiger partial charge on any atom is -0.282 e. The van der Waals surface area contributed by atoms with E-state index in [1.165, 1.54) is 0 Å². The molecule has 0 aromatic rings. The Hall–Kier alpha value is 0.180. The van der Waals surface area contributed by atoms with Crippen molar-refractivity contribution in [2.24, 2.45) is 0 Å². The van der Waals surface area contributed by atoms with Crippen LogP contribution in [-0.4, -0.2) is 11.0 Å². The number of hydrogen-bond acceptors (Lipinski definition) is 1. The van der Waals surface area contributed by atoms with Crippen molar-refractivity contribution in [1.29, 1.82) is 0 Å². The predicted molar refractivity (Wildman–Crippen MR) is 37.2 cm³/mol. The topological polar surface area (TPSA) is 17.1 Å². The Kier molecular flexibility index (Phi) is 5.44. The second kappa shape index (κ2) is 5.32. The molecule has 8 heavy (non-hydrogen) atoms. The molecule has 0 unspecified atom stereocenters. The Morgan fingerprint density at radius 1 is 1.50 bits per heavy atom. The first-order valence-electron chi connectivity index (χ1n) is 2.53. The van der Waals surface area contributed by atoms with Crippen LogP contribution in [0.1, 0.15) is 19.3 Å². The molecule has 1 nitrogen and oxygen atoms in total. The van der Waals surface area contributed by atoms with Crippen LogP contribution in [0.4, 0.5) is 0 Å². The third-order valence-corrected chi connectivity index (χ3v) is 1.24. The fourth-order valence-electron chi connectivity index (χ4n) is 0.364. The van der Waals surface area contributed by atoms with E-state index in [0.717, 1.165) is 12.8 Å². The lowest BCUT2D eigenvalue weighted by Crippen LogP contribution is -1.85. The molecule has 0 fully saturated rings. The number of hydrogen-bond donors (Lipinski definition) is 0. The van der Waals surface area contributed by atoms with Crippen LogP contribution in [0, 0.1) is 0 Å². The van der Waals surface area contributed by atoms with E-state index in [2.05, 4.69) is 12.6 Å². The van der Waals surface area contributed by atoms with Crippen LogP contribution < -0.4 is 0 Å². The fraction of sp³-hybridized carbons (Fsp3) is 0.800. The maximum atomic E-state index is 10.1. The first-order chi connectivity index (χ1) is 3.77. The van der Waals surface area contributed by atoms with E-state index in [1.54, 1.807) is 0 Å². The van der Waals surface area contributed by atoms with Gasteiger partial charge in [0.15, 0.2) is 0 Å². The maximum Gasteiger partial charge on any atom is 0.218 e. The minimum atomic E-state index is -0.157. The molecule has 0 amide bonds. The molecule has 0 aromatic heterocycles. The highest BCUT2D eigenvalue weighted by atomic mass is 35.5. The lowest BCUT2D eigenvalue weighted by atomic mass is 10.3. The van der Waals surface area contributed by atoms with Gasteiger partial charge in [0.05, 0.1) is 0 Å². The first kappa shape index (κ1) is 8.18. The third-order valence-electron chi connectivity index (χ3n) is 0.765. The summed E-state index contributed by atoms with van der Waals surface area (Å²) in [5.74, 6) is 0.628. The number of carbonyl (C=O) groups is 1. The van der Waals surface area contributed by atoms with Crippen LogP contribution in [0.25, 0.3) is 0 Å². The van der Waals surface area contributed by atoms with Gasteiger partial charge in [0.25, 0.3) is 0 Å². The van der Waals surface area contributed by atoms with Crippen LogP contribution in [-0.2, 0) is 4.79 Å². The number of carbonyl (C=O) groups excluding carboxylic acids is 1. The summed E-state index contributed by atoms with van der Waals surface area (Å²) in [6, 6.07) is 0. The van der Waals surface area contributed by atoms with E-state index in [9.17, 15) is 4.79 Å². The number of rotatable bonds is 4. The van der Waals surface area contributed by atoms with Gasteiger partial charge < -0.3 is 0 Å². The second-order valence-electron chi connectivity index (χ2n) is 1.52. The van der Waals surface area contributed by atoms with Crippen LogP contribution in [0.5, 0.6) is 0 Å². The van der Waals surface area contributed by atoms with E-state index in [0.29, 0.717) is 12.3 Å². The van der Waals surface area contributed by atoms with E-state index in [-0.39, 0.29) is 5.12 Å². The largest absolute Gasteiger partial charge is 0.282 e. The van der Waals surface area contributed by atoms with Crippen LogP contribution in [0.2, 0.25) is 0 Å². The number of halogens is 1. The molecule has 0 rings (SSSR count). The Morgan fingerprint density at radius 2 is 2.12 bits per heavy atom. The average Bonchev–Trinajstić information content (AvgIpc) is 1.66. The van der Waals surface area contributed by atoms with Gasteiger partial charge in [0.1, 0.15) is 0 Å². The molecular weight excluding hydrogens is 144 g/mol. The van der Waals surface area contributed by atoms with E-state index >= 15 is 0 Å². The van der Waals surface area contributed by atoms with Gasteiger partial charge in [0.2, 0.25) is 5.12 Å². The number of alkyl halides is 1. The quantitative estimate of drug-likeness (QED) is 0.445. The zero-order chi connectivity index (χ0) is 6.41. The molecule has 1 radical (unpaired) electrons. The monoisotopic (exact) mass is 151 g/mol. The summed E-state index contributed by atoms with van der Waals surface area (Å²) in [7, 11) is 0. The molecule has 0 aliphatic carbocycles. The normalized spacial score (nSPS) is 9.12. The fourth-order valence-corrected chi connectivity index (χ4v) is 0.697. The minimum absolute atomic E-state index is 0.157. The van der Waals surface area contributed by atoms with Crippen molar-refractivity contribution in [1.82, 2.24) is 0 Å². The van der Waals surface area contributed by atoms with Crippen LogP contribution in [0.3, 0.4) is 0 Å². The summed E-state index contributed by atoms with van der Waals surface area (Å²) < 4.78 is 0. The summed E-state index contributed by atoms with van der Waals surface area (Å²) in [6.07, 6.45) is 2.23. The molecular formula is C5H8ClOS. The standard InChI is InChI=1S/C5H8ClOS/c6-4-2-1-3-5(7)8/h1-4H2. The summed E-state index contributed by atoms with van der Waals surface area (Å²) in [6.45, 7) is 0. The lowest BCUT2D eigenvalue weighted by Gasteiger charge is -1.88. The molecule has 3 heteroatoms. The molecule has 0 bridgehead atoms. The summed E-state index contributed by atoms with van der Waals surface area (Å²) >= 11 is 9.65. The van der Waals surface area contributed by atoms with Gasteiger partial charge in [-0.25, -0.2) is 0 Å². The van der Waals surface area contributed by atoms with Crippen molar-refractivity contribution in [2.75, 3.05) is 5.88 Å². The highest BCUT2D eigenvalue weighted by molar-refractivity contribution is 7.96. The van der Waals surface area contributed by atoms with Crippen molar-refractivity contribution >= 4 is 29.3 Å². The zero-order valence-electron chi connectivity index (χ0n) is 4.52. The molecule has 0 aromatic carbocycles. The predicted octanol–water partition coefficient (Wildman–Crippen LogP) is 2.12. The van der Waals surface area contributed by atoms with Crippen LogP contribution in [0.15, 0.2) is 0 Å². The van der Waals surface area contributed by atoms with E-state index in [4.69, 9.17) is 11.6 Å². The van der Waals surface area contributed by atoms with Gasteiger partial charge >= 0.3 is 0 Å². The average molecular weight is 152 g/mol. The zero-order valence-corrected chi connectivity index (χ0v) is 6.10. The van der Waals surface area contributed by atoms with Gasteiger partial charge in [-0.05, 0) is 25.5 Å². The summed E-state index contributed by atoms with van der Waals surface area (Å²) in [4.78, 5) is 10.1. The Bertz CT molecular complexity index is 74.8. The van der Waals surface area contributed by atoms with Crippen molar-refractivity contribution in [3.63, 3.8) is 0 Å². The van der Waals surface area contributed by atoms with Crippen LogP contribution >= 0.6 is 24.2 Å². The van der Waals surface area contributed by atoms with Crippen molar-refractivity contribution in [3.05, 3.63) is 0 Å². The molecule has 0 atom stereocenters. The number of unbranched alkanes of at least 4 members (excludes halogenated alkanes) is 1. The molecule has 0 heterocycles. The Morgan fingerprint density at radius 3 is 2.50 bits per heavy atom. The molecule has 47 valence electrons. The third kappa shape index (κ3) is 6.18. The Labute approximate surface area is 59.8 Å². The van der Waals surface area contributed by atoms with Crippen molar-refractivity contribution in [2.45, 2.75) is 19.3 Å². The molecule has 0 spiro atoms. The smallest absolute Gasteiger partial charge is 0.218 e. The molecule has 0 aliphatic rings. The highest BCUT2D eigenvalue weighted by Gasteiger charge is 1.92. The van der Waals surface area contributed by atoms with E-state index < -0.39 is 0 Å². The Balaban J connectivity index is 2.82. The van der Waals surface area contributed by atoms with Gasteiger partial charge in [-0.3, -0.25) is 4.79 Å². The maximum absolute atomic E-state index is 10.1. The molecule has 0 aliphatic heterocycles. The first-order valence-corrected chi connectivity index (χ1v) is 3.47. The second-order valence-corrected chi connectivity index (χ2v) is 2.35. The SMILES string of the molecule is O=C([S])CCCCCl. The lowest BCUT2D eigenvalue weighted by molar-refractivity contribution is -0.110. The van der Waals surface area contributed by atoms with Gasteiger partial charge in [-0.2, -0.15) is 0 Å². The van der Waals surface area contributed by atoms with Crippen molar-refractivity contribution in [3.8, 4) is 0 Å².